The molecular formula is C16H26N2. The first-order valence-electron chi connectivity index (χ1n) is 7.38. The summed E-state index contributed by atoms with van der Waals surface area (Å²) in [5.41, 5.74) is 7.96. The molecule has 1 saturated carbocycles. The maximum Gasteiger partial charge on any atom is 0.0370 e. The highest BCUT2D eigenvalue weighted by Crippen LogP contribution is 2.33. The molecule has 2 heteroatoms. The van der Waals surface area contributed by atoms with Gasteiger partial charge in [0.1, 0.15) is 0 Å². The average Bonchev–Trinajstić information content (AvgIpc) is 2.42. The maximum atomic E-state index is 5.78. The van der Waals surface area contributed by atoms with Crippen molar-refractivity contribution in [2.24, 2.45) is 5.92 Å². The second kappa shape index (κ2) is 6.12. The van der Waals surface area contributed by atoms with Gasteiger partial charge in [-0.1, -0.05) is 26.2 Å². The van der Waals surface area contributed by atoms with Crippen molar-refractivity contribution in [2.45, 2.75) is 52.0 Å². The van der Waals surface area contributed by atoms with Crippen LogP contribution in [0.5, 0.6) is 0 Å². The van der Waals surface area contributed by atoms with Crippen LogP contribution in [0.25, 0.3) is 0 Å². The molecule has 0 heterocycles. The molecule has 0 radical (unpaired) electrons. The third-order valence-electron chi connectivity index (χ3n) is 4.36. The molecule has 0 aliphatic heterocycles. The molecule has 0 aromatic heterocycles. The van der Waals surface area contributed by atoms with Gasteiger partial charge in [-0.3, -0.25) is 0 Å². The van der Waals surface area contributed by atoms with E-state index in [-0.39, 0.29) is 0 Å². The van der Waals surface area contributed by atoms with Crippen molar-refractivity contribution in [3.8, 4) is 0 Å². The Morgan fingerprint density at radius 1 is 1.11 bits per heavy atom. The van der Waals surface area contributed by atoms with Crippen LogP contribution in [0.15, 0.2) is 24.3 Å². The van der Waals surface area contributed by atoms with Crippen LogP contribution in [0.3, 0.4) is 0 Å². The molecule has 2 unspecified atom stereocenters. The topological polar surface area (TPSA) is 29.3 Å². The van der Waals surface area contributed by atoms with E-state index in [2.05, 4.69) is 30.9 Å². The minimum Gasteiger partial charge on any atom is -0.399 e. The number of hydrogen-bond donors (Lipinski definition) is 1. The number of rotatable bonds is 4. The van der Waals surface area contributed by atoms with Crippen LogP contribution < -0.4 is 10.6 Å². The maximum absolute atomic E-state index is 5.78. The fourth-order valence-electron chi connectivity index (χ4n) is 3.35. The summed E-state index contributed by atoms with van der Waals surface area (Å²) in [6, 6.07) is 9.08. The van der Waals surface area contributed by atoms with Gasteiger partial charge >= 0.3 is 0 Å². The lowest BCUT2D eigenvalue weighted by atomic mass is 9.81. The molecule has 1 aromatic carbocycles. The van der Waals surface area contributed by atoms with Crippen LogP contribution >= 0.6 is 0 Å². The zero-order chi connectivity index (χ0) is 13.0. The van der Waals surface area contributed by atoms with Gasteiger partial charge in [0.25, 0.3) is 0 Å². The van der Waals surface area contributed by atoms with E-state index in [1.165, 1.54) is 37.8 Å². The zero-order valence-corrected chi connectivity index (χ0v) is 11.7. The van der Waals surface area contributed by atoms with E-state index < -0.39 is 0 Å². The molecule has 2 nitrogen and oxygen atoms in total. The molecule has 1 fully saturated rings. The van der Waals surface area contributed by atoms with E-state index in [1.807, 2.05) is 12.1 Å². The summed E-state index contributed by atoms with van der Waals surface area (Å²) in [4.78, 5) is 2.58. The first-order valence-corrected chi connectivity index (χ1v) is 7.38. The smallest absolute Gasteiger partial charge is 0.0370 e. The lowest BCUT2D eigenvalue weighted by Gasteiger charge is -2.41. The SMILES string of the molecule is CCC1CCCCC1N(CC)c1ccc(N)cc1. The number of anilines is 2. The predicted molar refractivity (Wildman–Crippen MR) is 79.9 cm³/mol. The molecule has 0 saturated heterocycles. The van der Waals surface area contributed by atoms with Crippen LogP contribution in [0.4, 0.5) is 11.4 Å². The third-order valence-corrected chi connectivity index (χ3v) is 4.36. The van der Waals surface area contributed by atoms with E-state index in [4.69, 9.17) is 5.73 Å². The van der Waals surface area contributed by atoms with Crippen LogP contribution in [0.1, 0.15) is 46.0 Å². The predicted octanol–water partition coefficient (Wildman–Crippen LogP) is 4.06. The first-order chi connectivity index (χ1) is 8.76. The van der Waals surface area contributed by atoms with Crippen LogP contribution in [-0.4, -0.2) is 12.6 Å². The molecule has 0 spiro atoms. The quantitative estimate of drug-likeness (QED) is 0.812. The number of hydrogen-bond acceptors (Lipinski definition) is 2. The molecule has 0 bridgehead atoms. The van der Waals surface area contributed by atoms with Crippen molar-refractivity contribution in [2.75, 3.05) is 17.2 Å². The second-order valence-corrected chi connectivity index (χ2v) is 5.40. The van der Waals surface area contributed by atoms with Gasteiger partial charge in [-0.15, -0.1) is 0 Å². The Kier molecular flexibility index (Phi) is 4.51. The molecule has 2 N–H and O–H groups in total. The number of nitrogens with zero attached hydrogens (tertiary/aromatic N) is 1. The fraction of sp³-hybridized carbons (Fsp3) is 0.625. The summed E-state index contributed by atoms with van der Waals surface area (Å²) < 4.78 is 0. The molecule has 18 heavy (non-hydrogen) atoms. The molecule has 100 valence electrons. The fourth-order valence-corrected chi connectivity index (χ4v) is 3.35. The summed E-state index contributed by atoms with van der Waals surface area (Å²) in [7, 11) is 0. The van der Waals surface area contributed by atoms with Crippen LogP contribution in [0, 0.1) is 5.92 Å². The van der Waals surface area contributed by atoms with Crippen molar-refractivity contribution in [1.82, 2.24) is 0 Å². The van der Waals surface area contributed by atoms with E-state index in [0.29, 0.717) is 0 Å². The first kappa shape index (κ1) is 13.3. The largest absolute Gasteiger partial charge is 0.399 e. The van der Waals surface area contributed by atoms with Gasteiger partial charge < -0.3 is 10.6 Å². The molecular weight excluding hydrogens is 220 g/mol. The molecule has 2 rings (SSSR count). The minimum atomic E-state index is 0.720. The standard InChI is InChI=1S/C16H26N2/c1-3-13-7-5-6-8-16(13)18(4-2)15-11-9-14(17)10-12-15/h9-13,16H,3-8,17H2,1-2H3. The zero-order valence-electron chi connectivity index (χ0n) is 11.7. The van der Waals surface area contributed by atoms with Gasteiger partial charge in [-0.25, -0.2) is 0 Å². The van der Waals surface area contributed by atoms with Crippen LogP contribution in [0.2, 0.25) is 0 Å². The van der Waals surface area contributed by atoms with Gasteiger partial charge in [-0.2, -0.15) is 0 Å². The Hall–Kier alpha value is -1.18. The summed E-state index contributed by atoms with van der Waals surface area (Å²) in [5.74, 6) is 0.858. The lowest BCUT2D eigenvalue weighted by molar-refractivity contribution is 0.287. The van der Waals surface area contributed by atoms with Crippen molar-refractivity contribution < 1.29 is 0 Å². The number of benzene rings is 1. The summed E-state index contributed by atoms with van der Waals surface area (Å²) in [6.45, 7) is 5.68. The number of nitrogen functional groups attached to an aromatic ring is 1. The van der Waals surface area contributed by atoms with E-state index in [1.54, 1.807) is 0 Å². The van der Waals surface area contributed by atoms with Crippen molar-refractivity contribution in [3.05, 3.63) is 24.3 Å². The van der Waals surface area contributed by atoms with Gasteiger partial charge in [0.15, 0.2) is 0 Å². The monoisotopic (exact) mass is 246 g/mol. The van der Waals surface area contributed by atoms with Gasteiger partial charge in [0, 0.05) is 24.0 Å². The van der Waals surface area contributed by atoms with Crippen molar-refractivity contribution in [3.63, 3.8) is 0 Å². The lowest BCUT2D eigenvalue weighted by Crippen LogP contribution is -2.42. The minimum absolute atomic E-state index is 0.720. The van der Waals surface area contributed by atoms with E-state index in [0.717, 1.165) is 24.2 Å². The van der Waals surface area contributed by atoms with Gasteiger partial charge in [0.2, 0.25) is 0 Å². The Morgan fingerprint density at radius 3 is 2.39 bits per heavy atom. The Bertz CT molecular complexity index is 358. The average molecular weight is 246 g/mol. The second-order valence-electron chi connectivity index (χ2n) is 5.40. The molecule has 1 aliphatic carbocycles. The normalized spacial score (nSPS) is 23.9. The summed E-state index contributed by atoms with van der Waals surface area (Å²) in [6.07, 6.45) is 6.83. The Labute approximate surface area is 111 Å². The third kappa shape index (κ3) is 2.80. The summed E-state index contributed by atoms with van der Waals surface area (Å²) in [5, 5.41) is 0. The van der Waals surface area contributed by atoms with Crippen molar-refractivity contribution in [1.29, 1.82) is 0 Å². The van der Waals surface area contributed by atoms with Crippen LogP contribution in [-0.2, 0) is 0 Å². The van der Waals surface area contributed by atoms with Crippen molar-refractivity contribution >= 4 is 11.4 Å². The highest BCUT2D eigenvalue weighted by atomic mass is 15.2. The molecule has 1 aromatic rings. The molecule has 2 atom stereocenters. The van der Waals surface area contributed by atoms with E-state index >= 15 is 0 Å². The number of nitrogens with two attached hydrogens (primary N) is 1. The van der Waals surface area contributed by atoms with E-state index in [9.17, 15) is 0 Å². The highest BCUT2D eigenvalue weighted by molar-refractivity contribution is 5.53. The molecule has 1 aliphatic rings. The Balaban J connectivity index is 2.18. The summed E-state index contributed by atoms with van der Waals surface area (Å²) >= 11 is 0. The van der Waals surface area contributed by atoms with Gasteiger partial charge in [-0.05, 0) is 49.9 Å². The highest BCUT2D eigenvalue weighted by Gasteiger charge is 2.28. The molecule has 0 amide bonds. The van der Waals surface area contributed by atoms with Gasteiger partial charge in [0.05, 0.1) is 0 Å². The Morgan fingerprint density at radius 2 is 1.78 bits per heavy atom.